The van der Waals surface area contributed by atoms with Crippen molar-refractivity contribution in [3.05, 3.63) is 18.2 Å². The molecule has 6 nitrogen and oxygen atoms in total. The average Bonchev–Trinajstić information content (AvgIpc) is 2.38. The highest BCUT2D eigenvalue weighted by Gasteiger charge is 2.08. The van der Waals surface area contributed by atoms with Crippen LogP contribution in [-0.4, -0.2) is 44.0 Å². The Morgan fingerprint density at radius 1 is 1.45 bits per heavy atom. The molecule has 112 valence electrons. The first-order valence-electron chi connectivity index (χ1n) is 6.52. The van der Waals surface area contributed by atoms with E-state index in [1.54, 1.807) is 18.2 Å². The normalized spacial score (nSPS) is 11.8. The van der Waals surface area contributed by atoms with E-state index in [1.807, 2.05) is 6.92 Å². The van der Waals surface area contributed by atoms with Gasteiger partial charge in [-0.2, -0.15) is 0 Å². The maximum absolute atomic E-state index is 11.1. The van der Waals surface area contributed by atoms with Crippen molar-refractivity contribution in [2.75, 3.05) is 37.5 Å². The van der Waals surface area contributed by atoms with Crippen LogP contribution in [0.15, 0.2) is 18.2 Å². The number of ether oxygens (including phenoxy) is 2. The number of hydrogen-bond donors (Lipinski definition) is 3. The van der Waals surface area contributed by atoms with Crippen LogP contribution in [0.4, 0.5) is 11.4 Å². The second kappa shape index (κ2) is 8.39. The van der Waals surface area contributed by atoms with Crippen LogP contribution in [0.1, 0.15) is 13.8 Å². The maximum Gasteiger partial charge on any atom is 0.221 e. The van der Waals surface area contributed by atoms with Crippen molar-refractivity contribution in [3.8, 4) is 5.75 Å². The van der Waals surface area contributed by atoms with Gasteiger partial charge in [0.15, 0.2) is 0 Å². The Balaban J connectivity index is 2.79. The minimum atomic E-state index is -0.612. The summed E-state index contributed by atoms with van der Waals surface area (Å²) in [7, 11) is 1.53. The van der Waals surface area contributed by atoms with Crippen molar-refractivity contribution in [2.24, 2.45) is 0 Å². The number of hydrogen-bond acceptors (Lipinski definition) is 5. The van der Waals surface area contributed by atoms with Gasteiger partial charge in [0, 0.05) is 26.3 Å². The lowest BCUT2D eigenvalue weighted by atomic mass is 10.2. The van der Waals surface area contributed by atoms with Crippen molar-refractivity contribution in [2.45, 2.75) is 20.0 Å². The molecule has 6 heteroatoms. The van der Waals surface area contributed by atoms with Crippen LogP contribution in [0.2, 0.25) is 0 Å². The van der Waals surface area contributed by atoms with Gasteiger partial charge in [0.25, 0.3) is 0 Å². The number of amides is 1. The van der Waals surface area contributed by atoms with Crippen molar-refractivity contribution in [1.29, 1.82) is 0 Å². The number of carbonyl (C=O) groups is 1. The van der Waals surface area contributed by atoms with Crippen LogP contribution in [0.3, 0.4) is 0 Å². The van der Waals surface area contributed by atoms with Crippen molar-refractivity contribution in [3.63, 3.8) is 0 Å². The molecule has 0 bridgehead atoms. The van der Waals surface area contributed by atoms with Crippen LogP contribution in [-0.2, 0) is 9.53 Å². The predicted octanol–water partition coefficient (Wildman–Crippen LogP) is 1.46. The summed E-state index contributed by atoms with van der Waals surface area (Å²) >= 11 is 0. The van der Waals surface area contributed by atoms with Gasteiger partial charge in [-0.3, -0.25) is 4.79 Å². The van der Waals surface area contributed by atoms with Gasteiger partial charge in [0.2, 0.25) is 5.91 Å². The summed E-state index contributed by atoms with van der Waals surface area (Å²) in [6, 6.07) is 5.31. The molecule has 0 aliphatic rings. The largest absolute Gasteiger partial charge is 0.492 e. The Bertz CT molecular complexity index is 437. The number of benzene rings is 1. The summed E-state index contributed by atoms with van der Waals surface area (Å²) in [5.41, 5.74) is 1.39. The van der Waals surface area contributed by atoms with Gasteiger partial charge in [0.05, 0.1) is 25.0 Å². The third kappa shape index (κ3) is 5.46. The Hall–Kier alpha value is -1.79. The number of methoxy groups -OCH3 is 1. The summed E-state index contributed by atoms with van der Waals surface area (Å²) in [6.45, 7) is 4.46. The van der Waals surface area contributed by atoms with E-state index in [2.05, 4.69) is 10.6 Å². The Labute approximate surface area is 119 Å². The fraction of sp³-hybridized carbons (Fsp3) is 0.500. The molecule has 3 N–H and O–H groups in total. The Morgan fingerprint density at radius 3 is 2.80 bits per heavy atom. The molecule has 1 rings (SSSR count). The molecule has 0 heterocycles. The third-order valence-electron chi connectivity index (χ3n) is 2.49. The number of aliphatic hydroxyl groups is 1. The molecule has 0 fully saturated rings. The summed E-state index contributed by atoms with van der Waals surface area (Å²) in [5, 5.41) is 15.4. The molecule has 0 spiro atoms. The van der Waals surface area contributed by atoms with Gasteiger partial charge < -0.3 is 25.2 Å². The van der Waals surface area contributed by atoms with Crippen LogP contribution < -0.4 is 15.4 Å². The SMILES string of the molecule is CCOc1ccc(NC(C)=O)cc1NCC(O)COC. The molecule has 0 saturated heterocycles. The molecular formula is C14H22N2O4. The number of aliphatic hydroxyl groups excluding tert-OH is 1. The fourth-order valence-electron chi connectivity index (χ4n) is 1.71. The highest BCUT2D eigenvalue weighted by Crippen LogP contribution is 2.28. The number of carbonyl (C=O) groups excluding carboxylic acids is 1. The standard InChI is InChI=1S/C14H22N2O4/c1-4-20-14-6-5-11(16-10(2)17)7-13(14)15-8-12(18)9-19-3/h5-7,12,15,18H,4,8-9H2,1-3H3,(H,16,17). The van der Waals surface area contributed by atoms with Gasteiger partial charge in [-0.15, -0.1) is 0 Å². The molecule has 1 unspecified atom stereocenters. The lowest BCUT2D eigenvalue weighted by Gasteiger charge is -2.16. The van der Waals surface area contributed by atoms with E-state index < -0.39 is 6.10 Å². The van der Waals surface area contributed by atoms with E-state index in [0.29, 0.717) is 30.3 Å². The van der Waals surface area contributed by atoms with Crippen LogP contribution in [0.25, 0.3) is 0 Å². The first kappa shape index (κ1) is 16.3. The Morgan fingerprint density at radius 2 is 2.20 bits per heavy atom. The highest BCUT2D eigenvalue weighted by atomic mass is 16.5. The fourth-order valence-corrected chi connectivity index (χ4v) is 1.71. The van der Waals surface area contributed by atoms with E-state index in [4.69, 9.17) is 9.47 Å². The van der Waals surface area contributed by atoms with E-state index in [0.717, 1.165) is 0 Å². The molecule has 1 atom stereocenters. The summed E-state index contributed by atoms with van der Waals surface area (Å²) < 4.78 is 10.4. The molecule has 0 aliphatic heterocycles. The maximum atomic E-state index is 11.1. The molecule has 0 aromatic heterocycles. The first-order chi connectivity index (χ1) is 9.56. The second-order valence-electron chi connectivity index (χ2n) is 4.32. The van der Waals surface area contributed by atoms with E-state index in [1.165, 1.54) is 14.0 Å². The van der Waals surface area contributed by atoms with Crippen LogP contribution in [0.5, 0.6) is 5.75 Å². The van der Waals surface area contributed by atoms with Gasteiger partial charge in [0.1, 0.15) is 5.75 Å². The van der Waals surface area contributed by atoms with Gasteiger partial charge >= 0.3 is 0 Å². The number of rotatable bonds is 8. The molecule has 0 radical (unpaired) electrons. The average molecular weight is 282 g/mol. The quantitative estimate of drug-likeness (QED) is 0.672. The molecule has 0 saturated carbocycles. The van der Waals surface area contributed by atoms with Crippen molar-refractivity contribution < 1.29 is 19.4 Å². The molecule has 1 aromatic rings. The highest BCUT2D eigenvalue weighted by molar-refractivity contribution is 5.89. The lowest BCUT2D eigenvalue weighted by Crippen LogP contribution is -2.24. The minimum Gasteiger partial charge on any atom is -0.492 e. The number of nitrogens with one attached hydrogen (secondary N) is 2. The molecule has 0 aliphatic carbocycles. The summed E-state index contributed by atoms with van der Waals surface area (Å²) in [6.07, 6.45) is -0.612. The second-order valence-corrected chi connectivity index (χ2v) is 4.32. The van der Waals surface area contributed by atoms with Crippen LogP contribution >= 0.6 is 0 Å². The molecule has 20 heavy (non-hydrogen) atoms. The molecule has 1 amide bonds. The Kier molecular flexibility index (Phi) is 6.83. The lowest BCUT2D eigenvalue weighted by molar-refractivity contribution is -0.114. The number of anilines is 2. The van der Waals surface area contributed by atoms with Crippen LogP contribution in [0, 0.1) is 0 Å². The molecular weight excluding hydrogens is 260 g/mol. The summed E-state index contributed by atoms with van der Waals surface area (Å²) in [5.74, 6) is 0.533. The first-order valence-corrected chi connectivity index (χ1v) is 6.52. The van der Waals surface area contributed by atoms with E-state index in [-0.39, 0.29) is 12.5 Å². The summed E-state index contributed by atoms with van der Waals surface area (Å²) in [4.78, 5) is 11.1. The van der Waals surface area contributed by atoms with Gasteiger partial charge in [-0.25, -0.2) is 0 Å². The minimum absolute atomic E-state index is 0.139. The van der Waals surface area contributed by atoms with Crippen molar-refractivity contribution in [1.82, 2.24) is 0 Å². The van der Waals surface area contributed by atoms with E-state index in [9.17, 15) is 9.90 Å². The topological polar surface area (TPSA) is 79.8 Å². The zero-order valence-corrected chi connectivity index (χ0v) is 12.1. The van der Waals surface area contributed by atoms with E-state index >= 15 is 0 Å². The van der Waals surface area contributed by atoms with Crippen molar-refractivity contribution >= 4 is 17.3 Å². The van der Waals surface area contributed by atoms with Gasteiger partial charge in [-0.05, 0) is 25.1 Å². The molecule has 1 aromatic carbocycles. The monoisotopic (exact) mass is 282 g/mol. The smallest absolute Gasteiger partial charge is 0.221 e. The zero-order chi connectivity index (χ0) is 15.0. The van der Waals surface area contributed by atoms with Gasteiger partial charge in [-0.1, -0.05) is 0 Å². The predicted molar refractivity (Wildman–Crippen MR) is 78.3 cm³/mol. The zero-order valence-electron chi connectivity index (χ0n) is 12.1. The third-order valence-corrected chi connectivity index (χ3v) is 2.49.